The van der Waals surface area contributed by atoms with Crippen LogP contribution in [0.2, 0.25) is 0 Å². The molecule has 1 aliphatic rings. The first-order valence-corrected chi connectivity index (χ1v) is 7.39. The first-order chi connectivity index (χ1) is 10.8. The molecule has 22 heavy (non-hydrogen) atoms. The molecule has 0 bridgehead atoms. The van der Waals surface area contributed by atoms with E-state index in [2.05, 4.69) is 10.6 Å². The Bertz CT molecular complexity index is 680. The van der Waals surface area contributed by atoms with Crippen LogP contribution in [0.25, 0.3) is 0 Å². The van der Waals surface area contributed by atoms with E-state index >= 15 is 0 Å². The molecule has 0 saturated carbocycles. The van der Waals surface area contributed by atoms with Crippen molar-refractivity contribution < 1.29 is 9.53 Å². The number of nitrogens with one attached hydrogen (secondary N) is 2. The highest BCUT2D eigenvalue weighted by atomic mass is 16.5. The molecule has 0 radical (unpaired) electrons. The Hall–Kier alpha value is -2.75. The summed E-state index contributed by atoms with van der Waals surface area (Å²) in [5.74, 6) is 2.03. The van der Waals surface area contributed by atoms with E-state index in [9.17, 15) is 4.79 Å². The van der Waals surface area contributed by atoms with Crippen LogP contribution in [0.5, 0.6) is 11.5 Å². The number of hydrogen-bond acceptors (Lipinski definition) is 3. The molecule has 0 fully saturated rings. The molecule has 0 unspecified atom stereocenters. The Morgan fingerprint density at radius 1 is 1.05 bits per heavy atom. The maximum atomic E-state index is 12.3. The van der Waals surface area contributed by atoms with Crippen LogP contribution in [0.15, 0.2) is 66.5 Å². The van der Waals surface area contributed by atoms with Gasteiger partial charge in [0.15, 0.2) is 0 Å². The highest BCUT2D eigenvalue weighted by Crippen LogP contribution is 2.21. The summed E-state index contributed by atoms with van der Waals surface area (Å²) in [6, 6.07) is 16.7. The smallest absolute Gasteiger partial charge is 0.256 e. The summed E-state index contributed by atoms with van der Waals surface area (Å²) in [6.07, 6.45) is 4.09. The van der Waals surface area contributed by atoms with E-state index in [4.69, 9.17) is 4.74 Å². The summed E-state index contributed by atoms with van der Waals surface area (Å²) in [4.78, 5) is 12.3. The van der Waals surface area contributed by atoms with Crippen LogP contribution >= 0.6 is 0 Å². The third-order valence-corrected chi connectivity index (χ3v) is 3.37. The molecule has 4 heteroatoms. The van der Waals surface area contributed by atoms with Crippen LogP contribution < -0.4 is 15.4 Å². The molecule has 1 aliphatic heterocycles. The fourth-order valence-electron chi connectivity index (χ4n) is 2.26. The van der Waals surface area contributed by atoms with Crippen molar-refractivity contribution in [3.63, 3.8) is 0 Å². The van der Waals surface area contributed by atoms with E-state index in [1.165, 1.54) is 0 Å². The fourth-order valence-corrected chi connectivity index (χ4v) is 2.26. The second-order valence-electron chi connectivity index (χ2n) is 5.08. The van der Waals surface area contributed by atoms with Crippen molar-refractivity contribution in [3.05, 3.63) is 72.1 Å². The van der Waals surface area contributed by atoms with Gasteiger partial charge in [-0.15, -0.1) is 0 Å². The number of amides is 1. The van der Waals surface area contributed by atoms with Crippen molar-refractivity contribution in [2.24, 2.45) is 0 Å². The van der Waals surface area contributed by atoms with Gasteiger partial charge >= 0.3 is 0 Å². The number of allylic oxidation sites excluding steroid dienone is 1. The maximum absolute atomic E-state index is 12.3. The first-order valence-electron chi connectivity index (χ1n) is 7.39. The summed E-state index contributed by atoms with van der Waals surface area (Å²) in [7, 11) is 0. The molecule has 3 rings (SSSR count). The van der Waals surface area contributed by atoms with E-state index in [0.717, 1.165) is 31.0 Å². The van der Waals surface area contributed by atoms with E-state index in [0.29, 0.717) is 11.3 Å². The van der Waals surface area contributed by atoms with Gasteiger partial charge in [-0.3, -0.25) is 4.79 Å². The Labute approximate surface area is 129 Å². The Balaban J connectivity index is 1.70. The molecular weight excluding hydrogens is 276 g/mol. The summed E-state index contributed by atoms with van der Waals surface area (Å²) >= 11 is 0. The van der Waals surface area contributed by atoms with E-state index in [1.807, 2.05) is 48.5 Å². The molecule has 0 spiro atoms. The Morgan fingerprint density at radius 2 is 1.86 bits per heavy atom. The normalized spacial score (nSPS) is 13.7. The van der Waals surface area contributed by atoms with Gasteiger partial charge in [0.25, 0.3) is 5.91 Å². The van der Waals surface area contributed by atoms with Gasteiger partial charge in [-0.1, -0.05) is 24.3 Å². The van der Waals surface area contributed by atoms with Crippen LogP contribution in [0, 0.1) is 0 Å². The van der Waals surface area contributed by atoms with E-state index < -0.39 is 0 Å². The van der Waals surface area contributed by atoms with Crippen molar-refractivity contribution in [2.45, 2.75) is 12.8 Å². The van der Waals surface area contributed by atoms with Gasteiger partial charge in [0.05, 0.1) is 0 Å². The lowest BCUT2D eigenvalue weighted by Crippen LogP contribution is -2.33. The zero-order valence-corrected chi connectivity index (χ0v) is 12.2. The predicted molar refractivity (Wildman–Crippen MR) is 85.7 cm³/mol. The standard InChI is InChI=1S/C18H18N2O2/c21-18(20-17-11-4-5-12-19-17)14-7-6-10-16(13-14)22-15-8-2-1-3-9-15/h1-3,6-11,13,19H,4-5,12H2,(H,20,21). The van der Waals surface area contributed by atoms with Gasteiger partial charge in [0.2, 0.25) is 0 Å². The van der Waals surface area contributed by atoms with Gasteiger partial charge in [0.1, 0.15) is 17.3 Å². The number of carbonyl (C=O) groups is 1. The zero-order chi connectivity index (χ0) is 15.2. The number of rotatable bonds is 4. The summed E-state index contributed by atoms with van der Waals surface area (Å²) in [5.41, 5.74) is 0.571. The van der Waals surface area contributed by atoms with E-state index in [1.54, 1.807) is 12.1 Å². The lowest BCUT2D eigenvalue weighted by molar-refractivity contribution is 0.0962. The van der Waals surface area contributed by atoms with Gasteiger partial charge in [-0.2, -0.15) is 0 Å². The zero-order valence-electron chi connectivity index (χ0n) is 12.2. The largest absolute Gasteiger partial charge is 0.457 e. The molecule has 2 aromatic carbocycles. The predicted octanol–water partition coefficient (Wildman–Crippen LogP) is 3.43. The summed E-state index contributed by atoms with van der Waals surface area (Å²) < 4.78 is 5.75. The molecule has 1 amide bonds. The van der Waals surface area contributed by atoms with Crippen molar-refractivity contribution in [2.75, 3.05) is 6.54 Å². The third kappa shape index (κ3) is 3.67. The van der Waals surface area contributed by atoms with Crippen LogP contribution in [0.4, 0.5) is 0 Å². The topological polar surface area (TPSA) is 50.4 Å². The molecule has 0 atom stereocenters. The average molecular weight is 294 g/mol. The van der Waals surface area contributed by atoms with Gasteiger partial charge in [-0.05, 0) is 49.2 Å². The SMILES string of the molecule is O=C(NC1=CCCCN1)c1cccc(Oc2ccccc2)c1. The van der Waals surface area contributed by atoms with Crippen molar-refractivity contribution in [1.82, 2.24) is 10.6 Å². The van der Waals surface area contributed by atoms with Crippen molar-refractivity contribution >= 4 is 5.91 Å². The van der Waals surface area contributed by atoms with Crippen molar-refractivity contribution in [3.8, 4) is 11.5 Å². The minimum Gasteiger partial charge on any atom is -0.457 e. The number of para-hydroxylation sites is 1. The molecule has 0 saturated heterocycles. The van der Waals surface area contributed by atoms with Crippen molar-refractivity contribution in [1.29, 1.82) is 0 Å². The van der Waals surface area contributed by atoms with Crippen LogP contribution in [0.3, 0.4) is 0 Å². The van der Waals surface area contributed by atoms with Crippen LogP contribution in [-0.4, -0.2) is 12.5 Å². The number of hydrogen-bond donors (Lipinski definition) is 2. The van der Waals surface area contributed by atoms with Gasteiger partial charge in [0, 0.05) is 12.1 Å². The highest BCUT2D eigenvalue weighted by molar-refractivity contribution is 5.95. The number of ether oxygens (including phenoxy) is 1. The van der Waals surface area contributed by atoms with Crippen LogP contribution in [-0.2, 0) is 0 Å². The summed E-state index contributed by atoms with van der Waals surface area (Å²) in [6.45, 7) is 0.892. The minimum absolute atomic E-state index is 0.140. The minimum atomic E-state index is -0.140. The van der Waals surface area contributed by atoms with Crippen LogP contribution in [0.1, 0.15) is 23.2 Å². The molecule has 112 valence electrons. The average Bonchev–Trinajstić information content (AvgIpc) is 2.57. The molecule has 2 aromatic rings. The lowest BCUT2D eigenvalue weighted by atomic mass is 10.2. The Morgan fingerprint density at radius 3 is 2.64 bits per heavy atom. The lowest BCUT2D eigenvalue weighted by Gasteiger charge is -2.16. The maximum Gasteiger partial charge on any atom is 0.256 e. The summed E-state index contributed by atoms with van der Waals surface area (Å²) in [5, 5.41) is 6.05. The van der Waals surface area contributed by atoms with E-state index in [-0.39, 0.29) is 5.91 Å². The second-order valence-corrected chi connectivity index (χ2v) is 5.08. The third-order valence-electron chi connectivity index (χ3n) is 3.37. The second kappa shape index (κ2) is 6.80. The highest BCUT2D eigenvalue weighted by Gasteiger charge is 2.10. The molecular formula is C18H18N2O2. The quantitative estimate of drug-likeness (QED) is 0.908. The molecule has 1 heterocycles. The molecule has 0 aromatic heterocycles. The first kappa shape index (κ1) is 14.2. The monoisotopic (exact) mass is 294 g/mol. The fraction of sp³-hybridized carbons (Fsp3) is 0.167. The number of carbonyl (C=O) groups excluding carboxylic acids is 1. The molecule has 2 N–H and O–H groups in total. The Kier molecular flexibility index (Phi) is 4.39. The molecule has 4 nitrogen and oxygen atoms in total. The number of benzene rings is 2. The van der Waals surface area contributed by atoms with Gasteiger partial charge in [-0.25, -0.2) is 0 Å². The van der Waals surface area contributed by atoms with Gasteiger partial charge < -0.3 is 15.4 Å². The molecule has 0 aliphatic carbocycles.